The topological polar surface area (TPSA) is 93.1 Å². The van der Waals surface area contributed by atoms with Crippen LogP contribution in [0.1, 0.15) is 39.3 Å². The number of carbonyl (C=O) groups is 1. The van der Waals surface area contributed by atoms with Crippen molar-refractivity contribution in [1.82, 2.24) is 24.7 Å². The van der Waals surface area contributed by atoms with E-state index in [4.69, 9.17) is 26.4 Å². The molecule has 1 aliphatic rings. The Kier molecular flexibility index (Phi) is 11.0. The molecule has 0 saturated carbocycles. The van der Waals surface area contributed by atoms with Crippen molar-refractivity contribution in [2.45, 2.75) is 52.7 Å². The number of ether oxygens (including phenoxy) is 3. The lowest BCUT2D eigenvalue weighted by atomic mass is 10.2. The van der Waals surface area contributed by atoms with E-state index in [1.807, 2.05) is 58.4 Å². The molecular weight excluding hydrogens is 504 g/mol. The molecule has 0 spiro atoms. The second-order valence-electron chi connectivity index (χ2n) is 10.3. The fourth-order valence-corrected chi connectivity index (χ4v) is 4.28. The van der Waals surface area contributed by atoms with E-state index in [-0.39, 0.29) is 6.09 Å². The number of carbonyl (C=O) groups excluding carboxylic acids is 1. The van der Waals surface area contributed by atoms with Gasteiger partial charge in [-0.1, -0.05) is 0 Å². The largest absolute Gasteiger partial charge is 0.493 e. The van der Waals surface area contributed by atoms with Crippen LogP contribution in [0.2, 0.25) is 0 Å². The van der Waals surface area contributed by atoms with Crippen LogP contribution >= 0.6 is 12.2 Å². The molecule has 0 unspecified atom stereocenters. The second-order valence-corrected chi connectivity index (χ2v) is 10.7. The maximum atomic E-state index is 12.2. The van der Waals surface area contributed by atoms with E-state index in [1.54, 1.807) is 12.0 Å². The minimum Gasteiger partial charge on any atom is -0.493 e. The molecule has 0 radical (unpaired) electrons. The van der Waals surface area contributed by atoms with Crippen molar-refractivity contribution in [3.63, 3.8) is 0 Å². The van der Waals surface area contributed by atoms with Crippen LogP contribution in [-0.2, 0) is 11.3 Å². The normalized spacial score (nSPS) is 14.2. The maximum absolute atomic E-state index is 12.2. The van der Waals surface area contributed by atoms with Gasteiger partial charge in [0.1, 0.15) is 5.60 Å². The van der Waals surface area contributed by atoms with E-state index in [2.05, 4.69) is 25.1 Å². The van der Waals surface area contributed by atoms with Crippen LogP contribution in [-0.4, -0.2) is 89.1 Å². The molecule has 1 saturated heterocycles. The van der Waals surface area contributed by atoms with Gasteiger partial charge in [-0.3, -0.25) is 4.90 Å². The zero-order chi connectivity index (χ0) is 27.5. The van der Waals surface area contributed by atoms with Gasteiger partial charge in [0.05, 0.1) is 20.0 Å². The van der Waals surface area contributed by atoms with Gasteiger partial charge in [-0.05, 0) is 64.9 Å². The summed E-state index contributed by atoms with van der Waals surface area (Å²) in [5.41, 5.74) is 1.52. The molecule has 2 aromatic rings. The first kappa shape index (κ1) is 29.5. The summed E-state index contributed by atoms with van der Waals surface area (Å²) in [5.74, 6) is 1.35. The lowest BCUT2D eigenvalue weighted by molar-refractivity contribution is 0.0142. The third kappa shape index (κ3) is 9.68. The molecule has 0 bridgehead atoms. The van der Waals surface area contributed by atoms with Crippen molar-refractivity contribution in [1.29, 1.82) is 0 Å². The molecule has 38 heavy (non-hydrogen) atoms. The third-order valence-electron chi connectivity index (χ3n) is 6.10. The minimum atomic E-state index is -0.468. The second kappa shape index (κ2) is 14.2. The first-order valence-electron chi connectivity index (χ1n) is 13.2. The number of imidazole rings is 1. The van der Waals surface area contributed by atoms with E-state index in [1.165, 1.54) is 0 Å². The molecule has 1 amide bonds. The molecule has 210 valence electrons. The van der Waals surface area contributed by atoms with Crippen LogP contribution < -0.4 is 20.1 Å². The number of aryl methyl sites for hydroxylation is 2. The van der Waals surface area contributed by atoms with E-state index >= 15 is 0 Å². The SMILES string of the molecule is COc1cc(NC(=S)NCCCn2cncc2C)ccc1OCCCN1CCN(C(=O)OC(C)(C)C)CC1. The lowest BCUT2D eigenvalue weighted by Gasteiger charge is -2.35. The number of nitrogens with zero attached hydrogens (tertiary/aromatic N) is 4. The molecule has 11 heteroatoms. The van der Waals surface area contributed by atoms with Crippen molar-refractivity contribution >= 4 is 29.1 Å². The van der Waals surface area contributed by atoms with Gasteiger partial charge >= 0.3 is 6.09 Å². The number of hydrogen-bond donors (Lipinski definition) is 2. The summed E-state index contributed by atoms with van der Waals surface area (Å²) >= 11 is 5.43. The smallest absolute Gasteiger partial charge is 0.410 e. The highest BCUT2D eigenvalue weighted by atomic mass is 32.1. The zero-order valence-corrected chi connectivity index (χ0v) is 24.1. The van der Waals surface area contributed by atoms with Crippen LogP contribution in [0, 0.1) is 6.92 Å². The number of piperazine rings is 1. The molecule has 1 fully saturated rings. The van der Waals surface area contributed by atoms with Gasteiger partial charge in [-0.2, -0.15) is 0 Å². The summed E-state index contributed by atoms with van der Waals surface area (Å²) in [6.45, 7) is 13.9. The first-order valence-corrected chi connectivity index (χ1v) is 13.6. The van der Waals surface area contributed by atoms with Gasteiger partial charge in [0.2, 0.25) is 0 Å². The molecule has 1 aliphatic heterocycles. The average Bonchev–Trinajstić information content (AvgIpc) is 3.28. The fraction of sp³-hybridized carbons (Fsp3) is 0.593. The van der Waals surface area contributed by atoms with Crippen LogP contribution in [0.15, 0.2) is 30.7 Å². The van der Waals surface area contributed by atoms with Crippen LogP contribution in [0.25, 0.3) is 0 Å². The summed E-state index contributed by atoms with van der Waals surface area (Å²) in [4.78, 5) is 20.5. The monoisotopic (exact) mass is 546 g/mol. The number of thiocarbonyl (C=S) groups is 1. The zero-order valence-electron chi connectivity index (χ0n) is 23.3. The number of rotatable bonds is 11. The maximum Gasteiger partial charge on any atom is 0.410 e. The molecule has 0 atom stereocenters. The Morgan fingerprint density at radius 3 is 2.53 bits per heavy atom. The summed E-state index contributed by atoms with van der Waals surface area (Å²) in [6, 6.07) is 5.70. The summed E-state index contributed by atoms with van der Waals surface area (Å²) in [6.07, 6.45) is 5.29. The molecule has 1 aromatic carbocycles. The highest BCUT2D eigenvalue weighted by molar-refractivity contribution is 7.80. The summed E-state index contributed by atoms with van der Waals surface area (Å²) in [5, 5.41) is 7.01. The van der Waals surface area contributed by atoms with Gasteiger partial charge in [0, 0.05) is 69.5 Å². The molecule has 1 aromatic heterocycles. The van der Waals surface area contributed by atoms with Crippen LogP contribution in [0.3, 0.4) is 0 Å². The van der Waals surface area contributed by atoms with E-state index in [9.17, 15) is 4.79 Å². The predicted octanol–water partition coefficient (Wildman–Crippen LogP) is 3.90. The Morgan fingerprint density at radius 2 is 1.87 bits per heavy atom. The summed E-state index contributed by atoms with van der Waals surface area (Å²) < 4.78 is 19.1. The predicted molar refractivity (Wildman–Crippen MR) is 153 cm³/mol. The quantitative estimate of drug-likeness (QED) is 0.322. The molecule has 2 heterocycles. The molecule has 0 aliphatic carbocycles. The Bertz CT molecular complexity index is 1050. The van der Waals surface area contributed by atoms with Gasteiger partial charge in [0.15, 0.2) is 16.6 Å². The molecule has 3 rings (SSSR count). The van der Waals surface area contributed by atoms with Gasteiger partial charge in [0.25, 0.3) is 0 Å². The standard InChI is InChI=1S/C27H42N6O4S/c1-21-19-28-20-33(21)12-6-10-29-25(38)30-22-8-9-23(24(18-22)35-5)36-17-7-11-31-13-15-32(16-14-31)26(34)37-27(2,3)4/h8-9,18-20H,6-7,10-17H2,1-5H3,(H2,29,30,38). The fourth-order valence-electron chi connectivity index (χ4n) is 4.06. The lowest BCUT2D eigenvalue weighted by Crippen LogP contribution is -2.50. The van der Waals surface area contributed by atoms with Crippen molar-refractivity contribution in [3.05, 3.63) is 36.4 Å². The van der Waals surface area contributed by atoms with Crippen molar-refractivity contribution in [3.8, 4) is 11.5 Å². The van der Waals surface area contributed by atoms with Crippen molar-refractivity contribution < 1.29 is 19.0 Å². The Morgan fingerprint density at radius 1 is 1.11 bits per heavy atom. The Labute approximate surface area is 231 Å². The third-order valence-corrected chi connectivity index (χ3v) is 6.35. The molecule has 10 nitrogen and oxygen atoms in total. The number of methoxy groups -OCH3 is 1. The number of anilines is 1. The number of amides is 1. The van der Waals surface area contributed by atoms with Gasteiger partial charge in [-0.25, -0.2) is 9.78 Å². The Balaban J connectivity index is 1.33. The minimum absolute atomic E-state index is 0.234. The number of nitrogens with one attached hydrogen (secondary N) is 2. The average molecular weight is 547 g/mol. The first-order chi connectivity index (χ1) is 18.1. The van der Waals surface area contributed by atoms with E-state index in [0.717, 1.165) is 56.9 Å². The van der Waals surface area contributed by atoms with Gasteiger partial charge in [-0.15, -0.1) is 0 Å². The van der Waals surface area contributed by atoms with Gasteiger partial charge < -0.3 is 34.3 Å². The Hall–Kier alpha value is -3.05. The summed E-state index contributed by atoms with van der Waals surface area (Å²) in [7, 11) is 1.63. The molecular formula is C27H42N6O4S. The molecule has 2 N–H and O–H groups in total. The number of benzene rings is 1. The van der Waals surface area contributed by atoms with Crippen molar-refractivity contribution in [2.75, 3.05) is 58.3 Å². The van der Waals surface area contributed by atoms with Crippen LogP contribution in [0.5, 0.6) is 11.5 Å². The number of hydrogen-bond acceptors (Lipinski definition) is 7. The van der Waals surface area contributed by atoms with E-state index < -0.39 is 5.60 Å². The number of aromatic nitrogens is 2. The highest BCUT2D eigenvalue weighted by Gasteiger charge is 2.25. The van der Waals surface area contributed by atoms with Crippen LogP contribution in [0.4, 0.5) is 10.5 Å². The van der Waals surface area contributed by atoms with Crippen molar-refractivity contribution in [2.24, 2.45) is 0 Å². The highest BCUT2D eigenvalue weighted by Crippen LogP contribution is 2.30. The van der Waals surface area contributed by atoms with E-state index in [0.29, 0.717) is 36.3 Å².